The van der Waals surface area contributed by atoms with Gasteiger partial charge >= 0.3 is 0 Å². The molecule has 2 aromatic heterocycles. The minimum atomic E-state index is -0.00174. The molecule has 2 heterocycles. The molecule has 0 spiro atoms. The molecule has 0 saturated heterocycles. The van der Waals surface area contributed by atoms with E-state index in [1.807, 2.05) is 29.1 Å². The standard InChI is InChI=1S/C14H13BrN2OS/c15-12-5-11(6-16-7-12)13(9-1-2-9)17-14(18)10-3-4-19-8-10/h3-9,13H,1-2H2,(H,17,18)/t13-/m0/s1. The lowest BCUT2D eigenvalue weighted by Gasteiger charge is -2.18. The Morgan fingerprint density at radius 2 is 2.32 bits per heavy atom. The molecule has 1 aliphatic rings. The van der Waals surface area contributed by atoms with Crippen molar-refractivity contribution in [1.29, 1.82) is 0 Å². The number of thiophene rings is 1. The van der Waals surface area contributed by atoms with Crippen LogP contribution in [0.1, 0.15) is 34.8 Å². The van der Waals surface area contributed by atoms with Crippen LogP contribution in [-0.2, 0) is 0 Å². The Kier molecular flexibility index (Phi) is 3.66. The maximum atomic E-state index is 12.2. The van der Waals surface area contributed by atoms with E-state index in [0.717, 1.165) is 15.6 Å². The fourth-order valence-corrected chi connectivity index (χ4v) is 3.14. The van der Waals surface area contributed by atoms with Crippen molar-refractivity contribution in [3.05, 3.63) is 50.9 Å². The van der Waals surface area contributed by atoms with Crippen molar-refractivity contribution in [2.24, 2.45) is 5.92 Å². The molecule has 0 radical (unpaired) electrons. The van der Waals surface area contributed by atoms with Crippen LogP contribution in [0.5, 0.6) is 0 Å². The monoisotopic (exact) mass is 336 g/mol. The number of aromatic nitrogens is 1. The Hall–Kier alpha value is -1.20. The summed E-state index contributed by atoms with van der Waals surface area (Å²) < 4.78 is 0.945. The number of pyridine rings is 1. The maximum absolute atomic E-state index is 12.2. The summed E-state index contributed by atoms with van der Waals surface area (Å²) in [6.07, 6.45) is 5.93. The number of nitrogens with one attached hydrogen (secondary N) is 1. The quantitative estimate of drug-likeness (QED) is 0.922. The molecule has 0 aliphatic heterocycles. The second-order valence-electron chi connectivity index (χ2n) is 4.74. The number of amides is 1. The second-order valence-corrected chi connectivity index (χ2v) is 6.43. The van der Waals surface area contributed by atoms with Crippen LogP contribution < -0.4 is 5.32 Å². The molecule has 1 saturated carbocycles. The third kappa shape index (κ3) is 3.04. The Labute approximate surface area is 124 Å². The van der Waals surface area contributed by atoms with E-state index in [1.54, 1.807) is 6.20 Å². The lowest BCUT2D eigenvalue weighted by molar-refractivity contribution is 0.0932. The molecular weight excluding hydrogens is 324 g/mol. The van der Waals surface area contributed by atoms with Crippen LogP contribution in [0.2, 0.25) is 0 Å². The first-order valence-corrected chi connectivity index (χ1v) is 7.91. The molecule has 19 heavy (non-hydrogen) atoms. The molecule has 1 fully saturated rings. The van der Waals surface area contributed by atoms with Crippen LogP contribution in [0.4, 0.5) is 0 Å². The molecule has 98 valence electrons. The molecule has 5 heteroatoms. The van der Waals surface area contributed by atoms with Gasteiger partial charge in [-0.15, -0.1) is 0 Å². The van der Waals surface area contributed by atoms with Crippen LogP contribution in [-0.4, -0.2) is 10.9 Å². The van der Waals surface area contributed by atoms with Crippen molar-refractivity contribution < 1.29 is 4.79 Å². The molecule has 3 nitrogen and oxygen atoms in total. The Morgan fingerprint density at radius 1 is 1.47 bits per heavy atom. The van der Waals surface area contributed by atoms with Crippen LogP contribution in [0.25, 0.3) is 0 Å². The summed E-state index contributed by atoms with van der Waals surface area (Å²) in [5.41, 5.74) is 1.80. The lowest BCUT2D eigenvalue weighted by atomic mass is 10.0. The zero-order chi connectivity index (χ0) is 13.2. The fraction of sp³-hybridized carbons (Fsp3) is 0.286. The Morgan fingerprint density at radius 3 is 2.95 bits per heavy atom. The molecule has 3 rings (SSSR count). The molecule has 1 N–H and O–H groups in total. The molecule has 1 amide bonds. The summed E-state index contributed by atoms with van der Waals surface area (Å²) >= 11 is 4.97. The van der Waals surface area contributed by atoms with E-state index >= 15 is 0 Å². The van der Waals surface area contributed by atoms with E-state index in [9.17, 15) is 4.79 Å². The molecule has 0 unspecified atom stereocenters. The lowest BCUT2D eigenvalue weighted by Crippen LogP contribution is -2.29. The highest BCUT2D eigenvalue weighted by molar-refractivity contribution is 9.10. The van der Waals surface area contributed by atoms with Gasteiger partial charge in [0.1, 0.15) is 0 Å². The topological polar surface area (TPSA) is 42.0 Å². The van der Waals surface area contributed by atoms with E-state index in [4.69, 9.17) is 0 Å². The average molecular weight is 337 g/mol. The fourth-order valence-electron chi connectivity index (χ4n) is 2.12. The number of hydrogen-bond donors (Lipinski definition) is 1. The molecule has 0 aromatic carbocycles. The third-order valence-corrected chi connectivity index (χ3v) is 4.37. The van der Waals surface area contributed by atoms with Gasteiger partial charge in [0.2, 0.25) is 0 Å². The van der Waals surface area contributed by atoms with Gasteiger partial charge in [-0.1, -0.05) is 0 Å². The van der Waals surface area contributed by atoms with Crippen LogP contribution in [0, 0.1) is 5.92 Å². The predicted octanol–water partition coefficient (Wildman–Crippen LogP) is 3.79. The van der Waals surface area contributed by atoms with E-state index in [2.05, 4.69) is 26.2 Å². The van der Waals surface area contributed by atoms with Crippen molar-refractivity contribution >= 4 is 33.2 Å². The van der Waals surface area contributed by atoms with Crippen molar-refractivity contribution in [2.45, 2.75) is 18.9 Å². The summed E-state index contributed by atoms with van der Waals surface area (Å²) in [6, 6.07) is 3.95. The third-order valence-electron chi connectivity index (χ3n) is 3.25. The van der Waals surface area contributed by atoms with Gasteiger partial charge in [0.25, 0.3) is 5.91 Å². The van der Waals surface area contributed by atoms with Gasteiger partial charge in [0.05, 0.1) is 11.6 Å². The van der Waals surface area contributed by atoms with Gasteiger partial charge in [-0.05, 0) is 57.8 Å². The van der Waals surface area contributed by atoms with Gasteiger partial charge in [0, 0.05) is 22.2 Å². The SMILES string of the molecule is O=C(N[C@H](c1cncc(Br)c1)C1CC1)c1ccsc1. The summed E-state index contributed by atoms with van der Waals surface area (Å²) in [7, 11) is 0. The van der Waals surface area contributed by atoms with Crippen molar-refractivity contribution in [2.75, 3.05) is 0 Å². The summed E-state index contributed by atoms with van der Waals surface area (Å²) in [5.74, 6) is 0.539. The normalized spacial score (nSPS) is 16.1. The minimum Gasteiger partial charge on any atom is -0.345 e. The smallest absolute Gasteiger partial charge is 0.252 e. The van der Waals surface area contributed by atoms with Gasteiger partial charge in [0.15, 0.2) is 0 Å². The first-order valence-electron chi connectivity index (χ1n) is 6.17. The molecule has 1 aliphatic carbocycles. The Bertz CT molecular complexity index is 581. The first-order chi connectivity index (χ1) is 9.24. The van der Waals surface area contributed by atoms with Gasteiger partial charge in [-0.25, -0.2) is 0 Å². The number of nitrogens with zero attached hydrogens (tertiary/aromatic N) is 1. The highest BCUT2D eigenvalue weighted by Crippen LogP contribution is 2.41. The van der Waals surface area contributed by atoms with E-state index in [1.165, 1.54) is 24.2 Å². The Balaban J connectivity index is 1.80. The number of hydrogen-bond acceptors (Lipinski definition) is 3. The maximum Gasteiger partial charge on any atom is 0.252 e. The number of carbonyl (C=O) groups excluding carboxylic acids is 1. The number of halogens is 1. The highest BCUT2D eigenvalue weighted by Gasteiger charge is 2.33. The van der Waals surface area contributed by atoms with Crippen LogP contribution in [0.3, 0.4) is 0 Å². The summed E-state index contributed by atoms with van der Waals surface area (Å²) in [5, 5.41) is 6.92. The van der Waals surface area contributed by atoms with Crippen LogP contribution in [0.15, 0.2) is 39.8 Å². The largest absolute Gasteiger partial charge is 0.345 e. The van der Waals surface area contributed by atoms with Gasteiger partial charge in [-0.2, -0.15) is 11.3 Å². The van der Waals surface area contributed by atoms with Gasteiger partial charge in [-0.3, -0.25) is 9.78 Å². The van der Waals surface area contributed by atoms with Crippen molar-refractivity contribution in [3.63, 3.8) is 0 Å². The summed E-state index contributed by atoms with van der Waals surface area (Å²) in [6.45, 7) is 0. The van der Waals surface area contributed by atoms with E-state index in [0.29, 0.717) is 5.92 Å². The summed E-state index contributed by atoms with van der Waals surface area (Å²) in [4.78, 5) is 16.4. The van der Waals surface area contributed by atoms with E-state index < -0.39 is 0 Å². The molecule has 0 bridgehead atoms. The van der Waals surface area contributed by atoms with Gasteiger partial charge < -0.3 is 5.32 Å². The average Bonchev–Trinajstić information content (AvgIpc) is 3.09. The van der Waals surface area contributed by atoms with E-state index in [-0.39, 0.29) is 11.9 Å². The predicted molar refractivity (Wildman–Crippen MR) is 79.2 cm³/mol. The minimum absolute atomic E-state index is 0.00174. The number of rotatable bonds is 4. The molecule has 1 atom stereocenters. The van der Waals surface area contributed by atoms with Crippen LogP contribution >= 0.6 is 27.3 Å². The second kappa shape index (κ2) is 5.43. The van der Waals surface area contributed by atoms with Crippen molar-refractivity contribution in [1.82, 2.24) is 10.3 Å². The zero-order valence-electron chi connectivity index (χ0n) is 10.2. The van der Waals surface area contributed by atoms with Crippen molar-refractivity contribution in [3.8, 4) is 0 Å². The zero-order valence-corrected chi connectivity index (χ0v) is 12.6. The number of carbonyl (C=O) groups is 1. The molecular formula is C14H13BrN2OS. The highest BCUT2D eigenvalue weighted by atomic mass is 79.9. The first kappa shape index (κ1) is 12.8. The molecule has 2 aromatic rings.